The van der Waals surface area contributed by atoms with Crippen molar-refractivity contribution < 1.29 is 19.5 Å². The van der Waals surface area contributed by atoms with Crippen LogP contribution in [0.25, 0.3) is 0 Å². The molecule has 0 aliphatic rings. The van der Waals surface area contributed by atoms with E-state index in [-0.39, 0.29) is 5.59 Å². The standard InChI is InChI=1S/C6H8BNO3.C6H6BrNO/c1-11-6-4-2-3-5(8-6)7(9)10;1-9-6-4-2-3-5(7)8-6/h2-4,9-10H,1H3;2-4H,1H3. The van der Waals surface area contributed by atoms with Gasteiger partial charge in [-0.1, -0.05) is 12.1 Å². The van der Waals surface area contributed by atoms with Crippen LogP contribution in [-0.2, 0) is 0 Å². The third-order valence-electron chi connectivity index (χ3n) is 2.12. The van der Waals surface area contributed by atoms with E-state index in [4.69, 9.17) is 19.5 Å². The summed E-state index contributed by atoms with van der Waals surface area (Å²) in [7, 11) is 1.52. The molecule has 0 radical (unpaired) electrons. The molecule has 0 aromatic carbocycles. The number of hydrogen-bond donors (Lipinski definition) is 2. The van der Waals surface area contributed by atoms with Crippen molar-refractivity contribution in [2.24, 2.45) is 0 Å². The summed E-state index contributed by atoms with van der Waals surface area (Å²) in [5.41, 5.74) is 0.185. The lowest BCUT2D eigenvalue weighted by Crippen LogP contribution is -2.32. The maximum atomic E-state index is 8.68. The molecule has 0 atom stereocenters. The molecule has 0 aliphatic heterocycles. The SMILES string of the molecule is COc1cccc(B(O)O)n1.COc1cccc(Br)n1. The number of hydrogen-bond acceptors (Lipinski definition) is 6. The first-order valence-electron chi connectivity index (χ1n) is 5.60. The van der Waals surface area contributed by atoms with E-state index < -0.39 is 7.12 Å². The van der Waals surface area contributed by atoms with Crippen LogP contribution in [0, 0.1) is 0 Å². The maximum absolute atomic E-state index is 8.68. The van der Waals surface area contributed by atoms with Gasteiger partial charge < -0.3 is 19.5 Å². The Kier molecular flexibility index (Phi) is 6.99. The molecule has 0 unspecified atom stereocenters. The monoisotopic (exact) mass is 340 g/mol. The van der Waals surface area contributed by atoms with Gasteiger partial charge in [-0.05, 0) is 28.1 Å². The summed E-state index contributed by atoms with van der Waals surface area (Å²) in [6.45, 7) is 0. The highest BCUT2D eigenvalue weighted by atomic mass is 79.9. The van der Waals surface area contributed by atoms with Crippen LogP contribution in [0.2, 0.25) is 0 Å². The topological polar surface area (TPSA) is 84.7 Å². The average molecular weight is 341 g/mol. The normalized spacial score (nSPS) is 9.25. The minimum Gasteiger partial charge on any atom is -0.481 e. The van der Waals surface area contributed by atoms with Gasteiger partial charge in [0.15, 0.2) is 0 Å². The van der Waals surface area contributed by atoms with Crippen LogP contribution in [0.4, 0.5) is 0 Å². The van der Waals surface area contributed by atoms with Crippen molar-refractivity contribution in [2.75, 3.05) is 14.2 Å². The van der Waals surface area contributed by atoms with Crippen LogP contribution in [0.3, 0.4) is 0 Å². The van der Waals surface area contributed by atoms with Crippen molar-refractivity contribution in [1.29, 1.82) is 0 Å². The molecule has 6 nitrogen and oxygen atoms in total. The van der Waals surface area contributed by atoms with Crippen molar-refractivity contribution in [3.63, 3.8) is 0 Å². The molecule has 2 aromatic heterocycles. The van der Waals surface area contributed by atoms with Crippen LogP contribution in [0.15, 0.2) is 41.0 Å². The summed E-state index contributed by atoms with van der Waals surface area (Å²) >= 11 is 3.21. The third-order valence-corrected chi connectivity index (χ3v) is 2.56. The Morgan fingerprint density at radius 1 is 0.950 bits per heavy atom. The molecular weight excluding hydrogens is 327 g/mol. The predicted molar refractivity (Wildman–Crippen MR) is 79.1 cm³/mol. The Morgan fingerprint density at radius 3 is 1.95 bits per heavy atom. The van der Waals surface area contributed by atoms with Crippen molar-refractivity contribution >= 4 is 28.6 Å². The van der Waals surface area contributed by atoms with Crippen LogP contribution in [0.1, 0.15) is 0 Å². The van der Waals surface area contributed by atoms with Crippen molar-refractivity contribution in [2.45, 2.75) is 0 Å². The van der Waals surface area contributed by atoms with Gasteiger partial charge in [-0.15, -0.1) is 0 Å². The van der Waals surface area contributed by atoms with Gasteiger partial charge in [0.25, 0.3) is 0 Å². The van der Waals surface area contributed by atoms with Gasteiger partial charge in [-0.3, -0.25) is 0 Å². The van der Waals surface area contributed by atoms with Gasteiger partial charge in [0.2, 0.25) is 11.8 Å². The van der Waals surface area contributed by atoms with Gasteiger partial charge in [0.05, 0.1) is 19.8 Å². The molecule has 0 saturated heterocycles. The summed E-state index contributed by atoms with van der Waals surface area (Å²) in [6, 6.07) is 10.3. The minimum absolute atomic E-state index is 0.185. The quantitative estimate of drug-likeness (QED) is 0.629. The molecule has 20 heavy (non-hydrogen) atoms. The molecule has 0 bridgehead atoms. The fourth-order valence-electron chi connectivity index (χ4n) is 1.19. The zero-order valence-electron chi connectivity index (χ0n) is 11.0. The van der Waals surface area contributed by atoms with E-state index in [1.165, 1.54) is 13.2 Å². The van der Waals surface area contributed by atoms with Crippen molar-refractivity contribution in [1.82, 2.24) is 9.97 Å². The molecule has 106 valence electrons. The lowest BCUT2D eigenvalue weighted by molar-refractivity contribution is 0.395. The van der Waals surface area contributed by atoms with E-state index in [0.717, 1.165) is 4.60 Å². The number of pyridine rings is 2. The molecule has 2 aromatic rings. The Morgan fingerprint density at radius 2 is 1.50 bits per heavy atom. The highest BCUT2D eigenvalue weighted by Gasteiger charge is 2.12. The molecule has 0 amide bonds. The van der Waals surface area contributed by atoms with Crippen molar-refractivity contribution in [3.05, 3.63) is 41.0 Å². The number of halogens is 1. The third kappa shape index (κ3) is 5.56. The molecular formula is C12H14BBrN2O4. The number of methoxy groups -OCH3 is 2. The highest BCUT2D eigenvalue weighted by Crippen LogP contribution is 2.10. The van der Waals surface area contributed by atoms with E-state index in [2.05, 4.69) is 25.9 Å². The second kappa shape index (κ2) is 8.52. The smallest absolute Gasteiger partial charge is 0.481 e. The summed E-state index contributed by atoms with van der Waals surface area (Å²) < 4.78 is 10.4. The minimum atomic E-state index is -1.54. The molecule has 2 N–H and O–H groups in total. The second-order valence-electron chi connectivity index (χ2n) is 3.48. The van der Waals surface area contributed by atoms with Gasteiger partial charge in [-0.2, -0.15) is 0 Å². The predicted octanol–water partition coefficient (Wildman–Crippen LogP) is 0.623. The van der Waals surface area contributed by atoms with Crippen molar-refractivity contribution in [3.8, 4) is 11.8 Å². The largest absolute Gasteiger partial charge is 0.508 e. The first-order valence-corrected chi connectivity index (χ1v) is 6.39. The lowest BCUT2D eigenvalue weighted by atomic mass is 9.86. The number of aromatic nitrogens is 2. The average Bonchev–Trinajstić information content (AvgIpc) is 2.48. The van der Waals surface area contributed by atoms with Gasteiger partial charge in [0, 0.05) is 12.1 Å². The summed E-state index contributed by atoms with van der Waals surface area (Å²) in [4.78, 5) is 7.75. The highest BCUT2D eigenvalue weighted by molar-refractivity contribution is 9.10. The molecule has 2 heterocycles. The summed E-state index contributed by atoms with van der Waals surface area (Å²) in [6.07, 6.45) is 0. The first kappa shape index (κ1) is 16.4. The number of ether oxygens (including phenoxy) is 2. The van der Waals surface area contributed by atoms with E-state index in [0.29, 0.717) is 11.8 Å². The van der Waals surface area contributed by atoms with E-state index in [1.54, 1.807) is 25.3 Å². The lowest BCUT2D eigenvalue weighted by Gasteiger charge is -2.00. The molecule has 0 aliphatic carbocycles. The zero-order valence-corrected chi connectivity index (χ0v) is 12.6. The van der Waals surface area contributed by atoms with Crippen LogP contribution in [-0.4, -0.2) is 41.4 Å². The fraction of sp³-hybridized carbons (Fsp3) is 0.167. The Balaban J connectivity index is 0.000000204. The zero-order chi connectivity index (χ0) is 15.0. The molecule has 0 spiro atoms. The van der Waals surface area contributed by atoms with Crippen LogP contribution in [0.5, 0.6) is 11.8 Å². The van der Waals surface area contributed by atoms with Crippen LogP contribution >= 0.6 is 15.9 Å². The summed E-state index contributed by atoms with van der Waals surface area (Å²) in [5.74, 6) is 1.000. The summed E-state index contributed by atoms with van der Waals surface area (Å²) in [5, 5.41) is 17.4. The molecule has 2 rings (SSSR count). The first-order chi connectivity index (χ1) is 9.56. The number of nitrogens with zero attached hydrogens (tertiary/aromatic N) is 2. The van der Waals surface area contributed by atoms with Gasteiger partial charge >= 0.3 is 7.12 Å². The van der Waals surface area contributed by atoms with E-state index in [9.17, 15) is 0 Å². The number of rotatable bonds is 3. The molecule has 0 fully saturated rings. The van der Waals surface area contributed by atoms with Gasteiger partial charge in [-0.25, -0.2) is 9.97 Å². The van der Waals surface area contributed by atoms with E-state index in [1.807, 2.05) is 12.1 Å². The van der Waals surface area contributed by atoms with E-state index >= 15 is 0 Å². The van der Waals surface area contributed by atoms with Crippen LogP contribution < -0.4 is 15.1 Å². The maximum Gasteiger partial charge on any atom is 0.508 e. The fourth-order valence-corrected chi connectivity index (χ4v) is 1.52. The Hall–Kier alpha value is -1.64. The second-order valence-corrected chi connectivity index (χ2v) is 4.29. The molecule has 8 heteroatoms. The Labute approximate surface area is 125 Å². The molecule has 0 saturated carbocycles. The Bertz CT molecular complexity index is 542. The van der Waals surface area contributed by atoms with Gasteiger partial charge in [0.1, 0.15) is 4.60 Å².